The zero-order valence-corrected chi connectivity index (χ0v) is 9.29. The van der Waals surface area contributed by atoms with E-state index in [1.54, 1.807) is 0 Å². The van der Waals surface area contributed by atoms with E-state index in [0.29, 0.717) is 18.3 Å². The largest absolute Gasteiger partial charge is 0.296 e. The summed E-state index contributed by atoms with van der Waals surface area (Å²) in [5, 5.41) is 2.41. The molecule has 0 spiro atoms. The molecular formula is C12H19NO2. The van der Waals surface area contributed by atoms with Crippen LogP contribution in [0, 0.1) is 17.8 Å². The van der Waals surface area contributed by atoms with Crippen LogP contribution in [0.4, 0.5) is 0 Å². The number of carbonyl (C=O) groups excluding carboxylic acids is 2. The Labute approximate surface area is 90.6 Å². The molecule has 0 aromatic heterocycles. The highest BCUT2D eigenvalue weighted by molar-refractivity contribution is 6.03. The van der Waals surface area contributed by atoms with Gasteiger partial charge in [-0.15, -0.1) is 0 Å². The topological polar surface area (TPSA) is 46.2 Å². The molecule has 2 rings (SSSR count). The summed E-state index contributed by atoms with van der Waals surface area (Å²) in [7, 11) is 0. The Morgan fingerprint density at radius 3 is 2.40 bits per heavy atom. The lowest BCUT2D eigenvalue weighted by Gasteiger charge is -2.30. The van der Waals surface area contributed by atoms with Crippen LogP contribution in [0.15, 0.2) is 0 Å². The van der Waals surface area contributed by atoms with Crippen LogP contribution in [0.1, 0.15) is 45.4 Å². The van der Waals surface area contributed by atoms with Crippen molar-refractivity contribution in [2.45, 2.75) is 45.4 Å². The summed E-state index contributed by atoms with van der Waals surface area (Å²) >= 11 is 0. The molecule has 3 nitrogen and oxygen atoms in total. The molecule has 2 atom stereocenters. The van der Waals surface area contributed by atoms with Gasteiger partial charge in [-0.2, -0.15) is 0 Å². The summed E-state index contributed by atoms with van der Waals surface area (Å²) in [5.74, 6) is 0.837. The summed E-state index contributed by atoms with van der Waals surface area (Å²) in [6.45, 7) is 2.14. The maximum absolute atomic E-state index is 11.5. The minimum atomic E-state index is -0.0901. The molecule has 84 valence electrons. The number of nitrogens with one attached hydrogen (secondary N) is 1. The van der Waals surface area contributed by atoms with E-state index in [-0.39, 0.29) is 17.7 Å². The van der Waals surface area contributed by atoms with E-state index < -0.39 is 0 Å². The molecule has 2 unspecified atom stereocenters. The van der Waals surface area contributed by atoms with Crippen LogP contribution in [0.3, 0.4) is 0 Å². The fourth-order valence-corrected chi connectivity index (χ4v) is 2.99. The van der Waals surface area contributed by atoms with Crippen LogP contribution in [0.5, 0.6) is 0 Å². The maximum Gasteiger partial charge on any atom is 0.230 e. The van der Waals surface area contributed by atoms with Gasteiger partial charge in [-0.25, -0.2) is 0 Å². The number of rotatable bonds is 2. The van der Waals surface area contributed by atoms with Crippen molar-refractivity contribution in [2.24, 2.45) is 17.8 Å². The smallest absolute Gasteiger partial charge is 0.230 e. The minimum absolute atomic E-state index is 0.0435. The van der Waals surface area contributed by atoms with Crippen molar-refractivity contribution in [2.75, 3.05) is 0 Å². The molecule has 0 aromatic carbocycles. The summed E-state index contributed by atoms with van der Waals surface area (Å²) in [6, 6.07) is 0. The van der Waals surface area contributed by atoms with Crippen LogP contribution in [-0.4, -0.2) is 11.8 Å². The average molecular weight is 209 g/mol. The van der Waals surface area contributed by atoms with Crippen LogP contribution in [0.25, 0.3) is 0 Å². The molecule has 1 saturated heterocycles. The van der Waals surface area contributed by atoms with E-state index in [2.05, 4.69) is 12.2 Å². The van der Waals surface area contributed by atoms with Crippen molar-refractivity contribution in [3.8, 4) is 0 Å². The molecule has 0 radical (unpaired) electrons. The van der Waals surface area contributed by atoms with Gasteiger partial charge >= 0.3 is 0 Å². The van der Waals surface area contributed by atoms with Gasteiger partial charge in [0.15, 0.2) is 0 Å². The molecule has 1 aliphatic heterocycles. The average Bonchev–Trinajstić information content (AvgIpc) is 2.58. The number of carbonyl (C=O) groups is 2. The Morgan fingerprint density at radius 1 is 1.20 bits per heavy atom. The molecule has 1 aliphatic carbocycles. The standard InChI is InChI=1S/C12H19NO2/c1-8(9-5-3-2-4-6-9)10-7-11(14)13-12(10)15/h8-10H,2-7H2,1H3,(H,13,14,15). The summed E-state index contributed by atoms with van der Waals surface area (Å²) in [4.78, 5) is 22.7. The molecule has 0 aromatic rings. The summed E-state index contributed by atoms with van der Waals surface area (Å²) < 4.78 is 0. The Balaban J connectivity index is 1.97. The monoisotopic (exact) mass is 209 g/mol. The predicted molar refractivity (Wildman–Crippen MR) is 57.0 cm³/mol. The van der Waals surface area contributed by atoms with Gasteiger partial charge in [-0.1, -0.05) is 39.0 Å². The first-order valence-corrected chi connectivity index (χ1v) is 6.02. The Morgan fingerprint density at radius 2 is 1.87 bits per heavy atom. The van der Waals surface area contributed by atoms with Gasteiger partial charge in [-0.05, 0) is 11.8 Å². The highest BCUT2D eigenvalue weighted by Crippen LogP contribution is 2.36. The molecule has 2 amide bonds. The van der Waals surface area contributed by atoms with Crippen LogP contribution < -0.4 is 5.32 Å². The highest BCUT2D eigenvalue weighted by Gasteiger charge is 2.38. The van der Waals surface area contributed by atoms with Crippen molar-refractivity contribution in [3.63, 3.8) is 0 Å². The molecule has 1 heterocycles. The van der Waals surface area contributed by atoms with Crippen LogP contribution >= 0.6 is 0 Å². The summed E-state index contributed by atoms with van der Waals surface area (Å²) in [6.07, 6.45) is 6.79. The van der Waals surface area contributed by atoms with E-state index >= 15 is 0 Å². The second-order valence-electron chi connectivity index (χ2n) is 4.98. The zero-order chi connectivity index (χ0) is 10.8. The van der Waals surface area contributed by atoms with Gasteiger partial charge in [-0.3, -0.25) is 14.9 Å². The molecular weight excluding hydrogens is 190 g/mol. The van der Waals surface area contributed by atoms with Crippen LogP contribution in [0.2, 0.25) is 0 Å². The van der Waals surface area contributed by atoms with Crippen molar-refractivity contribution in [3.05, 3.63) is 0 Å². The molecule has 1 saturated carbocycles. The lowest BCUT2D eigenvalue weighted by molar-refractivity contribution is -0.126. The number of imide groups is 1. The number of hydrogen-bond acceptors (Lipinski definition) is 2. The second-order valence-corrected chi connectivity index (χ2v) is 4.98. The maximum atomic E-state index is 11.5. The zero-order valence-electron chi connectivity index (χ0n) is 9.29. The van der Waals surface area contributed by atoms with E-state index in [4.69, 9.17) is 0 Å². The van der Waals surface area contributed by atoms with Gasteiger partial charge in [0.1, 0.15) is 0 Å². The second kappa shape index (κ2) is 4.33. The van der Waals surface area contributed by atoms with Gasteiger partial charge in [0.2, 0.25) is 11.8 Å². The SMILES string of the molecule is CC(C1CCCCC1)C1CC(=O)NC1=O. The first-order chi connectivity index (χ1) is 7.18. The van der Waals surface area contributed by atoms with Gasteiger partial charge < -0.3 is 0 Å². The number of hydrogen-bond donors (Lipinski definition) is 1. The highest BCUT2D eigenvalue weighted by atomic mass is 16.2. The van der Waals surface area contributed by atoms with Crippen molar-refractivity contribution in [1.82, 2.24) is 5.32 Å². The first-order valence-electron chi connectivity index (χ1n) is 6.02. The third kappa shape index (κ3) is 2.21. The Hall–Kier alpha value is -0.860. The first kappa shape index (κ1) is 10.7. The molecule has 1 N–H and O–H groups in total. The van der Waals surface area contributed by atoms with Crippen molar-refractivity contribution in [1.29, 1.82) is 0 Å². The molecule has 15 heavy (non-hydrogen) atoms. The molecule has 0 bridgehead atoms. The lowest BCUT2D eigenvalue weighted by atomic mass is 9.74. The van der Waals surface area contributed by atoms with Crippen molar-refractivity contribution >= 4 is 11.8 Å². The van der Waals surface area contributed by atoms with E-state index in [9.17, 15) is 9.59 Å². The fourth-order valence-electron chi connectivity index (χ4n) is 2.99. The van der Waals surface area contributed by atoms with Gasteiger partial charge in [0.25, 0.3) is 0 Å². The Bertz CT molecular complexity index is 269. The molecule has 2 fully saturated rings. The number of amides is 2. The predicted octanol–water partition coefficient (Wildman–Crippen LogP) is 1.87. The van der Waals surface area contributed by atoms with Crippen molar-refractivity contribution < 1.29 is 9.59 Å². The quantitative estimate of drug-likeness (QED) is 0.706. The van der Waals surface area contributed by atoms with E-state index in [0.717, 1.165) is 0 Å². The van der Waals surface area contributed by atoms with Gasteiger partial charge in [0, 0.05) is 12.3 Å². The Kier molecular flexibility index (Phi) is 3.08. The van der Waals surface area contributed by atoms with Crippen LogP contribution in [-0.2, 0) is 9.59 Å². The normalized spacial score (nSPS) is 30.3. The fraction of sp³-hybridized carbons (Fsp3) is 0.833. The van der Waals surface area contributed by atoms with E-state index in [1.807, 2.05) is 0 Å². The summed E-state index contributed by atoms with van der Waals surface area (Å²) in [5.41, 5.74) is 0. The molecule has 2 aliphatic rings. The van der Waals surface area contributed by atoms with Gasteiger partial charge in [0.05, 0.1) is 0 Å². The third-order valence-corrected chi connectivity index (χ3v) is 4.03. The van der Waals surface area contributed by atoms with E-state index in [1.165, 1.54) is 32.1 Å². The third-order valence-electron chi connectivity index (χ3n) is 4.03. The minimum Gasteiger partial charge on any atom is -0.296 e. The molecule has 3 heteroatoms. The lowest BCUT2D eigenvalue weighted by Crippen LogP contribution is -2.29.